The molecule has 0 aliphatic heterocycles. The van der Waals surface area contributed by atoms with E-state index in [4.69, 9.17) is 10.5 Å². The number of benzene rings is 2. The van der Waals surface area contributed by atoms with Crippen LogP contribution in [-0.4, -0.2) is 30.3 Å². The second-order valence-corrected chi connectivity index (χ2v) is 6.38. The van der Waals surface area contributed by atoms with Crippen LogP contribution in [0, 0.1) is 10.5 Å². The topological polar surface area (TPSA) is 79.9 Å². The molecule has 0 saturated carbocycles. The van der Waals surface area contributed by atoms with Gasteiger partial charge in [0.2, 0.25) is 0 Å². The maximum Gasteiger partial charge on any atom is 0.193 e. The lowest BCUT2D eigenvalue weighted by Gasteiger charge is -2.11. The van der Waals surface area contributed by atoms with Crippen molar-refractivity contribution in [2.75, 3.05) is 18.5 Å². The fourth-order valence-corrected chi connectivity index (χ4v) is 2.25. The predicted octanol–water partition coefficient (Wildman–Crippen LogP) is 2.77. The lowest BCUT2D eigenvalue weighted by atomic mass is 10.2. The maximum atomic E-state index is 9.91. The third kappa shape index (κ3) is 6.45. The Morgan fingerprint density at radius 2 is 2.04 bits per heavy atom. The summed E-state index contributed by atoms with van der Waals surface area (Å²) >= 11 is 2.23. The summed E-state index contributed by atoms with van der Waals surface area (Å²) in [5.41, 5.74) is 7.82. The summed E-state index contributed by atoms with van der Waals surface area (Å²) in [7, 11) is 0. The van der Waals surface area contributed by atoms with Crippen LogP contribution in [0.3, 0.4) is 0 Å². The zero-order valence-corrected chi connectivity index (χ0v) is 15.0. The van der Waals surface area contributed by atoms with Crippen LogP contribution in [0.1, 0.15) is 5.56 Å². The van der Waals surface area contributed by atoms with Crippen molar-refractivity contribution in [2.24, 2.45) is 10.7 Å². The summed E-state index contributed by atoms with van der Waals surface area (Å²) < 4.78 is 6.64. The number of ether oxygens (including phenoxy) is 1. The molecule has 0 aromatic heterocycles. The number of nitrogens with two attached hydrogens (primary N) is 1. The van der Waals surface area contributed by atoms with Gasteiger partial charge in [-0.05, 0) is 71.5 Å². The number of hydrogen-bond donors (Lipinski definition) is 3. The van der Waals surface area contributed by atoms with Gasteiger partial charge >= 0.3 is 0 Å². The van der Waals surface area contributed by atoms with Crippen LogP contribution in [0.5, 0.6) is 5.75 Å². The van der Waals surface area contributed by atoms with E-state index in [1.807, 2.05) is 55.5 Å². The number of hydrogen-bond acceptors (Lipinski definition) is 3. The van der Waals surface area contributed by atoms with Gasteiger partial charge < -0.3 is 20.9 Å². The van der Waals surface area contributed by atoms with E-state index in [1.54, 1.807) is 0 Å². The zero-order valence-electron chi connectivity index (χ0n) is 12.9. The van der Waals surface area contributed by atoms with E-state index in [0.29, 0.717) is 0 Å². The summed E-state index contributed by atoms with van der Waals surface area (Å²) in [6, 6.07) is 15.5. The Morgan fingerprint density at radius 3 is 2.74 bits per heavy atom. The number of aliphatic imine (C=N–C) groups is 1. The van der Waals surface area contributed by atoms with Crippen molar-refractivity contribution in [3.63, 3.8) is 0 Å². The molecular formula is C17H20IN3O2. The van der Waals surface area contributed by atoms with E-state index in [0.717, 1.165) is 20.6 Å². The quantitative estimate of drug-likeness (QED) is 0.378. The molecule has 122 valence electrons. The lowest BCUT2D eigenvalue weighted by molar-refractivity contribution is 0.114. The number of aryl methyl sites for hydroxylation is 1. The van der Waals surface area contributed by atoms with Crippen molar-refractivity contribution in [1.29, 1.82) is 0 Å². The summed E-state index contributed by atoms with van der Waals surface area (Å²) in [6.07, 6.45) is -0.716. The predicted molar refractivity (Wildman–Crippen MR) is 102 cm³/mol. The highest BCUT2D eigenvalue weighted by molar-refractivity contribution is 14.1. The van der Waals surface area contributed by atoms with Crippen LogP contribution in [0.2, 0.25) is 0 Å². The number of nitrogens with zero attached hydrogens (tertiary/aromatic N) is 1. The van der Waals surface area contributed by atoms with E-state index < -0.39 is 6.10 Å². The van der Waals surface area contributed by atoms with Crippen molar-refractivity contribution >= 4 is 34.2 Å². The van der Waals surface area contributed by atoms with Crippen molar-refractivity contribution in [2.45, 2.75) is 13.0 Å². The van der Waals surface area contributed by atoms with Crippen molar-refractivity contribution in [3.8, 4) is 5.75 Å². The van der Waals surface area contributed by atoms with E-state index in [9.17, 15) is 5.11 Å². The van der Waals surface area contributed by atoms with Gasteiger partial charge in [0, 0.05) is 9.26 Å². The molecule has 23 heavy (non-hydrogen) atoms. The van der Waals surface area contributed by atoms with Gasteiger partial charge in [0.15, 0.2) is 5.96 Å². The summed E-state index contributed by atoms with van der Waals surface area (Å²) in [4.78, 5) is 4.13. The Bertz CT molecular complexity index is 659. The first-order valence-corrected chi connectivity index (χ1v) is 8.31. The van der Waals surface area contributed by atoms with Gasteiger partial charge in [-0.3, -0.25) is 4.99 Å². The molecule has 4 N–H and O–H groups in total. The zero-order chi connectivity index (χ0) is 16.7. The van der Waals surface area contributed by atoms with Crippen molar-refractivity contribution < 1.29 is 9.84 Å². The molecule has 0 spiro atoms. The normalized spacial score (nSPS) is 12.7. The van der Waals surface area contributed by atoms with Crippen LogP contribution in [0.4, 0.5) is 5.69 Å². The highest BCUT2D eigenvalue weighted by Gasteiger charge is 2.05. The molecular weight excluding hydrogens is 405 g/mol. The van der Waals surface area contributed by atoms with Crippen molar-refractivity contribution in [3.05, 3.63) is 57.7 Å². The smallest absolute Gasteiger partial charge is 0.193 e. The van der Waals surface area contributed by atoms with Gasteiger partial charge in [0.25, 0.3) is 0 Å². The maximum absolute atomic E-state index is 9.91. The summed E-state index contributed by atoms with van der Waals surface area (Å²) in [6.45, 7) is 2.35. The Morgan fingerprint density at radius 1 is 1.30 bits per heavy atom. The third-order valence-corrected chi connectivity index (χ3v) is 3.74. The van der Waals surface area contributed by atoms with Gasteiger partial charge in [-0.2, -0.15) is 0 Å². The second-order valence-electron chi connectivity index (χ2n) is 5.14. The Kier molecular flexibility index (Phi) is 6.66. The minimum absolute atomic E-state index is 0.168. The molecule has 2 aromatic carbocycles. The molecule has 0 aliphatic rings. The molecule has 0 radical (unpaired) electrons. The van der Waals surface area contributed by atoms with E-state index in [1.165, 1.54) is 0 Å². The molecule has 2 rings (SSSR count). The SMILES string of the molecule is Cc1cccc(NC(N)=NCC(O)COc2ccc(I)cc2)c1. The lowest BCUT2D eigenvalue weighted by Crippen LogP contribution is -2.27. The molecule has 0 heterocycles. The minimum atomic E-state index is -0.716. The fraction of sp³-hybridized carbons (Fsp3) is 0.235. The highest BCUT2D eigenvalue weighted by atomic mass is 127. The number of aliphatic hydroxyl groups is 1. The molecule has 0 bridgehead atoms. The molecule has 0 fully saturated rings. The molecule has 6 heteroatoms. The molecule has 2 aromatic rings. The van der Waals surface area contributed by atoms with Crippen LogP contribution in [0.15, 0.2) is 53.5 Å². The average Bonchev–Trinajstić information content (AvgIpc) is 2.52. The number of aliphatic hydroxyl groups excluding tert-OH is 1. The Hall–Kier alpha value is -1.80. The number of rotatable bonds is 6. The van der Waals surface area contributed by atoms with Gasteiger partial charge in [-0.15, -0.1) is 0 Å². The number of halogens is 1. The van der Waals surface area contributed by atoms with E-state index in [2.05, 4.69) is 32.9 Å². The summed E-state index contributed by atoms with van der Waals surface area (Å²) in [5.74, 6) is 0.989. The number of nitrogens with one attached hydrogen (secondary N) is 1. The molecule has 1 unspecified atom stereocenters. The highest BCUT2D eigenvalue weighted by Crippen LogP contribution is 2.13. The average molecular weight is 425 g/mol. The largest absolute Gasteiger partial charge is 0.491 e. The van der Waals surface area contributed by atoms with Crippen LogP contribution >= 0.6 is 22.6 Å². The number of guanidine groups is 1. The Balaban J connectivity index is 1.78. The molecule has 1 atom stereocenters. The first kappa shape index (κ1) is 17.6. The minimum Gasteiger partial charge on any atom is -0.491 e. The van der Waals surface area contributed by atoms with Gasteiger partial charge in [-0.25, -0.2) is 0 Å². The Labute approximate surface area is 149 Å². The number of anilines is 1. The first-order chi connectivity index (χ1) is 11.0. The van der Waals surface area contributed by atoms with Gasteiger partial charge in [0.05, 0.1) is 6.54 Å². The molecule has 0 amide bonds. The summed E-state index contributed by atoms with van der Waals surface area (Å²) in [5, 5.41) is 12.9. The third-order valence-electron chi connectivity index (χ3n) is 3.02. The monoisotopic (exact) mass is 425 g/mol. The molecule has 5 nitrogen and oxygen atoms in total. The molecule has 0 saturated heterocycles. The first-order valence-electron chi connectivity index (χ1n) is 7.23. The van der Waals surface area contributed by atoms with Gasteiger partial charge in [-0.1, -0.05) is 12.1 Å². The van der Waals surface area contributed by atoms with Gasteiger partial charge in [0.1, 0.15) is 18.5 Å². The van der Waals surface area contributed by atoms with Crippen LogP contribution < -0.4 is 15.8 Å². The molecule has 0 aliphatic carbocycles. The second kappa shape index (κ2) is 8.73. The van der Waals surface area contributed by atoms with Crippen LogP contribution in [0.25, 0.3) is 0 Å². The fourth-order valence-electron chi connectivity index (χ4n) is 1.89. The standard InChI is InChI=1S/C17H20IN3O2/c1-12-3-2-4-14(9-12)21-17(19)20-10-15(22)11-23-16-7-5-13(18)6-8-16/h2-9,15,22H,10-11H2,1H3,(H3,19,20,21). The van der Waals surface area contributed by atoms with E-state index >= 15 is 0 Å². The van der Waals surface area contributed by atoms with Crippen LogP contribution in [-0.2, 0) is 0 Å². The van der Waals surface area contributed by atoms with Crippen molar-refractivity contribution in [1.82, 2.24) is 0 Å². The van der Waals surface area contributed by atoms with E-state index in [-0.39, 0.29) is 19.1 Å².